The summed E-state index contributed by atoms with van der Waals surface area (Å²) in [5.74, 6) is 4.85. The quantitative estimate of drug-likeness (QED) is 0.583. The average molecular weight is 297 g/mol. The molecule has 0 aromatic heterocycles. The lowest BCUT2D eigenvalue weighted by molar-refractivity contribution is -0.139. The van der Waals surface area contributed by atoms with Gasteiger partial charge in [0.25, 0.3) is 0 Å². The highest BCUT2D eigenvalue weighted by Crippen LogP contribution is 2.09. The zero-order chi connectivity index (χ0) is 15.0. The third-order valence-corrected chi connectivity index (χ3v) is 3.69. The number of sulfonamides is 1. The lowest BCUT2D eigenvalue weighted by Gasteiger charge is -2.05. The Balaban J connectivity index is 2.77. The van der Waals surface area contributed by atoms with Crippen molar-refractivity contribution in [2.24, 2.45) is 0 Å². The maximum absolute atomic E-state index is 11.8. The van der Waals surface area contributed by atoms with Gasteiger partial charge in [-0.3, -0.25) is 4.79 Å². The number of hydrogen-bond acceptors (Lipinski definition) is 5. The van der Waals surface area contributed by atoms with E-state index in [4.69, 9.17) is 5.11 Å². The number of aliphatic hydroxyl groups is 1. The van der Waals surface area contributed by atoms with E-state index in [0.29, 0.717) is 12.0 Å². The van der Waals surface area contributed by atoms with Crippen molar-refractivity contribution in [2.45, 2.75) is 11.3 Å². The second-order valence-corrected chi connectivity index (χ2v) is 5.47. The topological polar surface area (TPSA) is 92.7 Å². The predicted octanol–water partition coefficient (Wildman–Crippen LogP) is -0.128. The van der Waals surface area contributed by atoms with Crippen molar-refractivity contribution in [3.05, 3.63) is 29.8 Å². The third kappa shape index (κ3) is 5.01. The summed E-state index contributed by atoms with van der Waals surface area (Å²) < 4.78 is 30.1. The van der Waals surface area contributed by atoms with E-state index >= 15 is 0 Å². The van der Waals surface area contributed by atoms with Gasteiger partial charge in [-0.1, -0.05) is 11.8 Å². The van der Waals surface area contributed by atoms with E-state index in [1.165, 1.54) is 19.2 Å². The van der Waals surface area contributed by atoms with Gasteiger partial charge in [0.2, 0.25) is 10.0 Å². The third-order valence-electron chi connectivity index (χ3n) is 2.27. The van der Waals surface area contributed by atoms with Gasteiger partial charge in [-0.05, 0) is 24.3 Å². The SMILES string of the molecule is COC(=O)CNS(=O)(=O)c1ccc(C#CCCO)cc1. The van der Waals surface area contributed by atoms with E-state index in [2.05, 4.69) is 21.3 Å². The van der Waals surface area contributed by atoms with Gasteiger partial charge in [-0.15, -0.1) is 0 Å². The molecule has 2 N–H and O–H groups in total. The minimum Gasteiger partial charge on any atom is -0.468 e. The lowest BCUT2D eigenvalue weighted by atomic mass is 10.2. The number of rotatable bonds is 5. The number of methoxy groups -OCH3 is 1. The van der Waals surface area contributed by atoms with Gasteiger partial charge in [-0.25, -0.2) is 8.42 Å². The molecule has 1 aromatic carbocycles. The van der Waals surface area contributed by atoms with Crippen molar-refractivity contribution in [3.63, 3.8) is 0 Å². The molecule has 0 fully saturated rings. The standard InChI is InChI=1S/C13H15NO5S/c1-19-13(16)10-14-20(17,18)12-7-5-11(6-8-12)4-2-3-9-15/h5-8,14-15H,3,9-10H2,1H3. The maximum atomic E-state index is 11.8. The Morgan fingerprint density at radius 1 is 1.35 bits per heavy atom. The van der Waals surface area contributed by atoms with E-state index in [1.807, 2.05) is 0 Å². The molecular weight excluding hydrogens is 282 g/mol. The number of carbonyl (C=O) groups excluding carboxylic acids is 1. The summed E-state index contributed by atoms with van der Waals surface area (Å²) in [5.41, 5.74) is 0.644. The fraction of sp³-hybridized carbons (Fsp3) is 0.308. The van der Waals surface area contributed by atoms with Crippen LogP contribution in [0, 0.1) is 11.8 Å². The molecule has 0 bridgehead atoms. The van der Waals surface area contributed by atoms with E-state index in [9.17, 15) is 13.2 Å². The van der Waals surface area contributed by atoms with E-state index < -0.39 is 22.5 Å². The molecule has 1 rings (SSSR count). The Labute approximate surface area is 117 Å². The molecule has 0 atom stereocenters. The molecule has 0 unspecified atom stereocenters. The Kier molecular flexibility index (Phi) is 6.18. The number of nitrogens with one attached hydrogen (secondary N) is 1. The molecule has 0 saturated carbocycles. The molecule has 0 spiro atoms. The van der Waals surface area contributed by atoms with E-state index in [-0.39, 0.29) is 11.5 Å². The van der Waals surface area contributed by atoms with Crippen LogP contribution in [-0.4, -0.2) is 39.8 Å². The normalized spacial score (nSPS) is 10.5. The molecule has 0 heterocycles. The van der Waals surface area contributed by atoms with E-state index in [0.717, 1.165) is 0 Å². The molecule has 7 heteroatoms. The Bertz CT molecular complexity index is 610. The fourth-order valence-corrected chi connectivity index (χ4v) is 2.22. The van der Waals surface area contributed by atoms with Crippen molar-refractivity contribution in [1.29, 1.82) is 0 Å². The van der Waals surface area contributed by atoms with Crippen LogP contribution < -0.4 is 4.72 Å². The van der Waals surface area contributed by atoms with Crippen LogP contribution in [0.5, 0.6) is 0 Å². The number of esters is 1. The number of benzene rings is 1. The van der Waals surface area contributed by atoms with Crippen LogP contribution in [0.25, 0.3) is 0 Å². The van der Waals surface area contributed by atoms with Crippen molar-refractivity contribution in [1.82, 2.24) is 4.72 Å². The molecule has 1 aromatic rings. The zero-order valence-electron chi connectivity index (χ0n) is 10.9. The number of aliphatic hydroxyl groups excluding tert-OH is 1. The van der Waals surface area contributed by atoms with Gasteiger partial charge in [0.1, 0.15) is 6.54 Å². The number of hydrogen-bond donors (Lipinski definition) is 2. The Hall–Kier alpha value is -1.88. The fourth-order valence-electron chi connectivity index (χ4n) is 1.25. The summed E-state index contributed by atoms with van der Waals surface area (Å²) >= 11 is 0. The number of ether oxygens (including phenoxy) is 1. The average Bonchev–Trinajstić information content (AvgIpc) is 2.45. The highest BCUT2D eigenvalue weighted by atomic mass is 32.2. The van der Waals surface area contributed by atoms with Crippen LogP contribution in [0.15, 0.2) is 29.2 Å². The summed E-state index contributed by atoms with van der Waals surface area (Å²) in [7, 11) is -2.57. The van der Waals surface area contributed by atoms with Gasteiger partial charge in [0.15, 0.2) is 0 Å². The maximum Gasteiger partial charge on any atom is 0.320 e. The first kappa shape index (κ1) is 16.2. The summed E-state index contributed by atoms with van der Waals surface area (Å²) in [6, 6.07) is 5.89. The van der Waals surface area contributed by atoms with Gasteiger partial charge in [0, 0.05) is 12.0 Å². The molecular formula is C13H15NO5S. The molecule has 0 aliphatic rings. The first-order valence-corrected chi connectivity index (χ1v) is 7.24. The van der Waals surface area contributed by atoms with Crippen LogP contribution in [0.1, 0.15) is 12.0 Å². The first-order valence-electron chi connectivity index (χ1n) is 5.76. The largest absolute Gasteiger partial charge is 0.468 e. The van der Waals surface area contributed by atoms with Crippen LogP contribution in [0.4, 0.5) is 0 Å². The molecule has 20 heavy (non-hydrogen) atoms. The summed E-state index contributed by atoms with van der Waals surface area (Å²) in [4.78, 5) is 10.9. The van der Waals surface area contributed by atoms with Gasteiger partial charge in [0.05, 0.1) is 18.6 Å². The van der Waals surface area contributed by atoms with Gasteiger partial charge in [-0.2, -0.15) is 4.72 Å². The van der Waals surface area contributed by atoms with Gasteiger partial charge < -0.3 is 9.84 Å². The molecule has 0 amide bonds. The lowest BCUT2D eigenvalue weighted by Crippen LogP contribution is -2.30. The molecule has 0 aliphatic heterocycles. The van der Waals surface area contributed by atoms with Crippen molar-refractivity contribution < 1.29 is 23.1 Å². The van der Waals surface area contributed by atoms with Crippen LogP contribution in [0.2, 0.25) is 0 Å². The zero-order valence-corrected chi connectivity index (χ0v) is 11.7. The number of carbonyl (C=O) groups is 1. The molecule has 108 valence electrons. The summed E-state index contributed by atoms with van der Waals surface area (Å²) in [6.45, 7) is -0.437. The Morgan fingerprint density at radius 3 is 2.55 bits per heavy atom. The predicted molar refractivity (Wildman–Crippen MR) is 72.2 cm³/mol. The van der Waals surface area contributed by atoms with Crippen molar-refractivity contribution in [2.75, 3.05) is 20.3 Å². The van der Waals surface area contributed by atoms with Gasteiger partial charge >= 0.3 is 5.97 Å². The summed E-state index contributed by atoms with van der Waals surface area (Å²) in [5, 5.41) is 8.59. The van der Waals surface area contributed by atoms with Crippen LogP contribution in [-0.2, 0) is 19.6 Å². The minimum atomic E-state index is -3.75. The minimum absolute atomic E-state index is 0.0170. The van der Waals surface area contributed by atoms with Crippen LogP contribution in [0.3, 0.4) is 0 Å². The second kappa shape index (κ2) is 7.65. The summed E-state index contributed by atoms with van der Waals surface area (Å²) in [6.07, 6.45) is 0.362. The first-order chi connectivity index (χ1) is 9.49. The smallest absolute Gasteiger partial charge is 0.320 e. The monoisotopic (exact) mass is 297 g/mol. The molecule has 0 saturated heterocycles. The van der Waals surface area contributed by atoms with E-state index in [1.54, 1.807) is 12.1 Å². The molecule has 0 aliphatic carbocycles. The highest BCUT2D eigenvalue weighted by molar-refractivity contribution is 7.89. The van der Waals surface area contributed by atoms with Crippen molar-refractivity contribution >= 4 is 16.0 Å². The van der Waals surface area contributed by atoms with Crippen LogP contribution >= 0.6 is 0 Å². The highest BCUT2D eigenvalue weighted by Gasteiger charge is 2.15. The molecule has 6 nitrogen and oxygen atoms in total. The van der Waals surface area contributed by atoms with Crippen molar-refractivity contribution in [3.8, 4) is 11.8 Å². The molecule has 0 radical (unpaired) electrons. The Morgan fingerprint density at radius 2 is 2.00 bits per heavy atom. The second-order valence-electron chi connectivity index (χ2n) is 3.70.